The van der Waals surface area contributed by atoms with Gasteiger partial charge in [-0.2, -0.15) is 0 Å². The summed E-state index contributed by atoms with van der Waals surface area (Å²) >= 11 is 0. The van der Waals surface area contributed by atoms with Gasteiger partial charge in [0.1, 0.15) is 6.10 Å². The fourth-order valence-corrected chi connectivity index (χ4v) is 6.42. The van der Waals surface area contributed by atoms with Gasteiger partial charge in [0.15, 0.2) is 0 Å². The number of piperidine rings is 4. The van der Waals surface area contributed by atoms with E-state index in [1.807, 2.05) is 24.3 Å². The number of ether oxygens (including phenoxy) is 1. The van der Waals surface area contributed by atoms with E-state index in [1.165, 1.54) is 50.6 Å². The molecule has 1 aromatic carbocycles. The van der Waals surface area contributed by atoms with Crippen LogP contribution >= 0.6 is 0 Å². The monoisotopic (exact) mass is 394 g/mol. The van der Waals surface area contributed by atoms with Crippen molar-refractivity contribution in [1.82, 2.24) is 9.80 Å². The summed E-state index contributed by atoms with van der Waals surface area (Å²) in [7, 11) is 0. The molecule has 1 unspecified atom stereocenters. The Hall–Kier alpha value is -1.65. The third-order valence-electron chi connectivity index (χ3n) is 7.83. The van der Waals surface area contributed by atoms with E-state index in [9.17, 15) is 4.79 Å². The number of fused-ring (bicyclic) bond motifs is 6. The van der Waals surface area contributed by atoms with Gasteiger partial charge >= 0.3 is 5.97 Å². The molecule has 4 aliphatic heterocycles. The van der Waals surface area contributed by atoms with E-state index in [4.69, 9.17) is 4.74 Å². The van der Waals surface area contributed by atoms with Crippen LogP contribution in [0.2, 0.25) is 0 Å². The molecule has 4 saturated heterocycles. The van der Waals surface area contributed by atoms with Crippen LogP contribution in [-0.4, -0.2) is 59.1 Å². The third kappa shape index (κ3) is 4.02. The molecule has 0 N–H and O–H groups in total. The zero-order valence-electron chi connectivity index (χ0n) is 17.6. The highest BCUT2D eigenvalue weighted by molar-refractivity contribution is 5.87. The summed E-state index contributed by atoms with van der Waals surface area (Å²) in [4.78, 5) is 18.0. The summed E-state index contributed by atoms with van der Waals surface area (Å²) in [6, 6.07) is 11.1. The zero-order valence-corrected chi connectivity index (χ0v) is 17.6. The Morgan fingerprint density at radius 3 is 2.48 bits per heavy atom. The standard InChI is InChI=1S/C25H34N2O2/c1-18-6-2-3-7-19(18)9-10-25(28)29-24-11-13-27-21-14-20-8-4-5-12-26(20)22(15-21)16-23(27)17-24/h2-3,6-7,9-10,20-24H,4-5,8,11-17H2,1H3/b10-9-/t20-,21+,22+,23-,24?/m1/s1. The van der Waals surface area contributed by atoms with Crippen LogP contribution in [0.4, 0.5) is 0 Å². The molecule has 4 heteroatoms. The molecule has 5 rings (SSSR count). The highest BCUT2D eigenvalue weighted by Crippen LogP contribution is 2.42. The third-order valence-corrected chi connectivity index (χ3v) is 7.83. The Balaban J connectivity index is 1.19. The van der Waals surface area contributed by atoms with Crippen LogP contribution in [0.15, 0.2) is 30.3 Å². The van der Waals surface area contributed by atoms with Crippen molar-refractivity contribution in [3.63, 3.8) is 0 Å². The van der Waals surface area contributed by atoms with E-state index in [0.717, 1.165) is 43.1 Å². The van der Waals surface area contributed by atoms with Gasteiger partial charge in [-0.15, -0.1) is 0 Å². The summed E-state index contributed by atoms with van der Waals surface area (Å²) in [5.74, 6) is -0.196. The molecule has 156 valence electrons. The highest BCUT2D eigenvalue weighted by Gasteiger charge is 2.47. The van der Waals surface area contributed by atoms with Gasteiger partial charge < -0.3 is 4.74 Å². The average molecular weight is 395 g/mol. The number of benzene rings is 1. The smallest absolute Gasteiger partial charge is 0.331 e. The molecule has 1 aromatic rings. The number of carbonyl (C=O) groups excluding carboxylic acids is 1. The maximum Gasteiger partial charge on any atom is 0.331 e. The van der Waals surface area contributed by atoms with E-state index in [-0.39, 0.29) is 12.1 Å². The van der Waals surface area contributed by atoms with Gasteiger partial charge in [0, 0.05) is 43.2 Å². The molecule has 4 heterocycles. The largest absolute Gasteiger partial charge is 0.459 e. The number of nitrogens with zero attached hydrogens (tertiary/aromatic N) is 2. The number of carbonyl (C=O) groups is 1. The number of aryl methyl sites for hydroxylation is 1. The Bertz CT molecular complexity index is 776. The van der Waals surface area contributed by atoms with Crippen molar-refractivity contribution < 1.29 is 9.53 Å². The van der Waals surface area contributed by atoms with Crippen molar-refractivity contribution in [2.45, 2.75) is 88.6 Å². The van der Waals surface area contributed by atoms with E-state index in [0.29, 0.717) is 6.04 Å². The Morgan fingerprint density at radius 2 is 1.66 bits per heavy atom. The second-order valence-corrected chi connectivity index (χ2v) is 9.57. The van der Waals surface area contributed by atoms with Crippen molar-refractivity contribution in [3.05, 3.63) is 41.5 Å². The lowest BCUT2D eigenvalue weighted by Crippen LogP contribution is -2.65. The SMILES string of the molecule is Cc1ccccc1/C=C\C(=O)OC1CCN2[C@@H]3C[C@@H](C[C@@H]2C1)N1CCCC[C@@H]1C3. The normalized spacial score (nSPS) is 35.1. The lowest BCUT2D eigenvalue weighted by molar-refractivity contribution is -0.149. The van der Waals surface area contributed by atoms with Gasteiger partial charge in [0.2, 0.25) is 0 Å². The molecule has 4 fully saturated rings. The van der Waals surface area contributed by atoms with Gasteiger partial charge in [-0.3, -0.25) is 9.80 Å². The molecule has 0 radical (unpaired) electrons. The maximum absolute atomic E-state index is 12.4. The van der Waals surface area contributed by atoms with E-state index in [1.54, 1.807) is 6.08 Å². The second-order valence-electron chi connectivity index (χ2n) is 9.57. The van der Waals surface area contributed by atoms with Crippen molar-refractivity contribution in [2.75, 3.05) is 13.1 Å². The minimum Gasteiger partial charge on any atom is -0.459 e. The van der Waals surface area contributed by atoms with E-state index >= 15 is 0 Å². The van der Waals surface area contributed by atoms with Gasteiger partial charge in [-0.05, 0) is 69.2 Å². The van der Waals surface area contributed by atoms with Gasteiger partial charge in [0.05, 0.1) is 0 Å². The summed E-state index contributed by atoms with van der Waals surface area (Å²) in [5.41, 5.74) is 2.25. The van der Waals surface area contributed by atoms with Crippen LogP contribution < -0.4 is 0 Å². The maximum atomic E-state index is 12.4. The van der Waals surface area contributed by atoms with Crippen molar-refractivity contribution in [2.24, 2.45) is 0 Å². The number of hydrogen-bond donors (Lipinski definition) is 0. The molecule has 0 saturated carbocycles. The zero-order chi connectivity index (χ0) is 19.8. The molecule has 0 spiro atoms. The second kappa shape index (κ2) is 8.23. The van der Waals surface area contributed by atoms with Crippen LogP contribution in [0.1, 0.15) is 62.5 Å². The number of hydrogen-bond acceptors (Lipinski definition) is 4. The van der Waals surface area contributed by atoms with Crippen LogP contribution in [0.3, 0.4) is 0 Å². The van der Waals surface area contributed by atoms with Crippen LogP contribution in [0, 0.1) is 6.92 Å². The van der Waals surface area contributed by atoms with Crippen molar-refractivity contribution in [3.8, 4) is 0 Å². The fourth-order valence-electron chi connectivity index (χ4n) is 6.42. The lowest BCUT2D eigenvalue weighted by atomic mass is 9.76. The lowest BCUT2D eigenvalue weighted by Gasteiger charge is -2.58. The van der Waals surface area contributed by atoms with Crippen LogP contribution in [0.25, 0.3) is 6.08 Å². The van der Waals surface area contributed by atoms with Gasteiger partial charge in [-0.1, -0.05) is 30.7 Å². The predicted octanol–water partition coefficient (Wildman–Crippen LogP) is 4.17. The van der Waals surface area contributed by atoms with Crippen molar-refractivity contribution >= 4 is 12.0 Å². The number of esters is 1. The summed E-state index contributed by atoms with van der Waals surface area (Å²) < 4.78 is 5.86. The van der Waals surface area contributed by atoms with Crippen LogP contribution in [0.5, 0.6) is 0 Å². The molecular weight excluding hydrogens is 360 g/mol. The fraction of sp³-hybridized carbons (Fsp3) is 0.640. The Morgan fingerprint density at radius 1 is 0.931 bits per heavy atom. The first kappa shape index (κ1) is 19.3. The summed E-state index contributed by atoms with van der Waals surface area (Å²) in [5, 5.41) is 0. The molecular formula is C25H34N2O2. The predicted molar refractivity (Wildman–Crippen MR) is 116 cm³/mol. The molecule has 2 bridgehead atoms. The van der Waals surface area contributed by atoms with E-state index in [2.05, 4.69) is 22.8 Å². The van der Waals surface area contributed by atoms with Gasteiger partial charge in [-0.25, -0.2) is 4.79 Å². The van der Waals surface area contributed by atoms with Gasteiger partial charge in [0.25, 0.3) is 0 Å². The van der Waals surface area contributed by atoms with E-state index < -0.39 is 0 Å². The topological polar surface area (TPSA) is 32.8 Å². The first-order valence-electron chi connectivity index (χ1n) is 11.6. The quantitative estimate of drug-likeness (QED) is 0.569. The minimum absolute atomic E-state index is 0.0706. The summed E-state index contributed by atoms with van der Waals surface area (Å²) in [6.07, 6.45) is 13.7. The minimum atomic E-state index is -0.196. The first-order chi connectivity index (χ1) is 14.2. The first-order valence-corrected chi connectivity index (χ1v) is 11.6. The summed E-state index contributed by atoms with van der Waals surface area (Å²) in [6.45, 7) is 4.46. The molecule has 4 nitrogen and oxygen atoms in total. The Kier molecular flexibility index (Phi) is 5.49. The molecule has 5 atom stereocenters. The molecule has 4 aliphatic rings. The molecule has 0 amide bonds. The average Bonchev–Trinajstić information content (AvgIpc) is 2.73. The number of rotatable bonds is 3. The van der Waals surface area contributed by atoms with Crippen LogP contribution in [-0.2, 0) is 9.53 Å². The molecule has 0 aromatic heterocycles. The highest BCUT2D eigenvalue weighted by atomic mass is 16.5. The van der Waals surface area contributed by atoms with Crippen molar-refractivity contribution in [1.29, 1.82) is 0 Å². The Labute approximate surface area is 174 Å². The molecule has 0 aliphatic carbocycles. The molecule has 29 heavy (non-hydrogen) atoms.